The molecule has 1 N–H and O–H groups in total. The van der Waals surface area contributed by atoms with Crippen molar-refractivity contribution in [2.24, 2.45) is 5.92 Å². The molecule has 2 bridgehead atoms. The van der Waals surface area contributed by atoms with Crippen LogP contribution in [0.15, 0.2) is 55.0 Å². The molecule has 1 amide bonds. The molecule has 1 saturated heterocycles. The number of nitrogens with zero attached hydrogens (tertiary/aromatic N) is 4. The van der Waals surface area contributed by atoms with E-state index in [1.165, 1.54) is 0 Å². The number of pyridine rings is 1. The summed E-state index contributed by atoms with van der Waals surface area (Å²) in [5.74, 6) is -0.000585. The van der Waals surface area contributed by atoms with Crippen LogP contribution in [0.1, 0.15) is 12.1 Å². The number of hydrogen-bond donors (Lipinski definition) is 1. The predicted octanol–water partition coefficient (Wildman–Crippen LogP) is 1.79. The highest BCUT2D eigenvalue weighted by Crippen LogP contribution is 2.33. The van der Waals surface area contributed by atoms with Crippen molar-refractivity contribution >= 4 is 11.6 Å². The molecule has 5 heterocycles. The van der Waals surface area contributed by atoms with Gasteiger partial charge in [0.15, 0.2) is 5.65 Å². The molecule has 2 aliphatic rings. The van der Waals surface area contributed by atoms with Gasteiger partial charge in [-0.05, 0) is 24.6 Å². The first-order chi connectivity index (χ1) is 13.3. The minimum Gasteiger partial charge on any atom is -0.366 e. The van der Waals surface area contributed by atoms with Crippen molar-refractivity contribution in [3.05, 3.63) is 60.7 Å². The highest BCUT2D eigenvalue weighted by Gasteiger charge is 2.40. The van der Waals surface area contributed by atoms with E-state index in [4.69, 9.17) is 4.74 Å². The average Bonchev–Trinajstić information content (AvgIpc) is 3.43. The van der Waals surface area contributed by atoms with Crippen LogP contribution in [-0.4, -0.2) is 44.2 Å². The van der Waals surface area contributed by atoms with Crippen molar-refractivity contribution in [3.8, 4) is 11.3 Å². The van der Waals surface area contributed by atoms with Gasteiger partial charge in [-0.2, -0.15) is 5.10 Å². The van der Waals surface area contributed by atoms with Crippen LogP contribution >= 0.6 is 0 Å². The van der Waals surface area contributed by atoms with Gasteiger partial charge in [-0.25, -0.2) is 9.50 Å². The van der Waals surface area contributed by atoms with E-state index in [1.54, 1.807) is 16.9 Å². The molecule has 0 spiro atoms. The largest absolute Gasteiger partial charge is 0.366 e. The number of rotatable bonds is 5. The van der Waals surface area contributed by atoms with Gasteiger partial charge in [-0.1, -0.05) is 12.2 Å². The second-order valence-electron chi connectivity index (χ2n) is 6.89. The smallest absolute Gasteiger partial charge is 0.226 e. The Labute approximate surface area is 156 Å². The van der Waals surface area contributed by atoms with E-state index in [-0.39, 0.29) is 24.0 Å². The first-order valence-electron chi connectivity index (χ1n) is 9.13. The van der Waals surface area contributed by atoms with Crippen molar-refractivity contribution in [1.82, 2.24) is 24.9 Å². The molecule has 3 aromatic rings. The van der Waals surface area contributed by atoms with Crippen molar-refractivity contribution in [1.29, 1.82) is 0 Å². The molecule has 7 nitrogen and oxygen atoms in total. The maximum absolute atomic E-state index is 12.3. The van der Waals surface area contributed by atoms with Crippen molar-refractivity contribution < 1.29 is 9.53 Å². The van der Waals surface area contributed by atoms with Crippen LogP contribution in [-0.2, 0) is 16.0 Å². The Morgan fingerprint density at radius 1 is 1.26 bits per heavy atom. The Hall–Kier alpha value is -3.06. The summed E-state index contributed by atoms with van der Waals surface area (Å²) in [7, 11) is 0. The average molecular weight is 361 g/mol. The zero-order chi connectivity index (χ0) is 18.2. The summed E-state index contributed by atoms with van der Waals surface area (Å²) in [6, 6.07) is 7.75. The lowest BCUT2D eigenvalue weighted by molar-refractivity contribution is -0.125. The van der Waals surface area contributed by atoms with Crippen molar-refractivity contribution in [2.75, 3.05) is 6.54 Å². The summed E-state index contributed by atoms with van der Waals surface area (Å²) in [6.07, 6.45) is 10.9. The molecule has 5 rings (SSSR count). The van der Waals surface area contributed by atoms with Crippen LogP contribution in [0.25, 0.3) is 16.9 Å². The molecule has 0 radical (unpaired) electrons. The normalized spacial score (nSPS) is 23.2. The third-order valence-electron chi connectivity index (χ3n) is 5.10. The molecule has 0 saturated carbocycles. The van der Waals surface area contributed by atoms with E-state index in [2.05, 4.69) is 20.4 Å². The molecule has 136 valence electrons. The fourth-order valence-corrected chi connectivity index (χ4v) is 3.71. The summed E-state index contributed by atoms with van der Waals surface area (Å²) in [4.78, 5) is 21.0. The molecule has 1 fully saturated rings. The molecule has 27 heavy (non-hydrogen) atoms. The highest BCUT2D eigenvalue weighted by atomic mass is 16.5. The first-order valence-corrected chi connectivity index (χ1v) is 9.13. The molecule has 7 heteroatoms. The first kappa shape index (κ1) is 16.1. The van der Waals surface area contributed by atoms with E-state index >= 15 is 0 Å². The number of carbonyl (C=O) groups is 1. The molecule has 0 unspecified atom stereocenters. The summed E-state index contributed by atoms with van der Waals surface area (Å²) in [6.45, 7) is 0.553. The monoisotopic (exact) mass is 361 g/mol. The van der Waals surface area contributed by atoms with Gasteiger partial charge in [0.1, 0.15) is 0 Å². The number of carbonyl (C=O) groups excluding carboxylic acids is 1. The number of aromatic nitrogens is 4. The van der Waals surface area contributed by atoms with Gasteiger partial charge in [-0.3, -0.25) is 9.78 Å². The zero-order valence-electron chi connectivity index (χ0n) is 14.7. The summed E-state index contributed by atoms with van der Waals surface area (Å²) >= 11 is 0. The Balaban J connectivity index is 1.23. The van der Waals surface area contributed by atoms with Gasteiger partial charge in [-0.15, -0.1) is 0 Å². The molecule has 3 aromatic heterocycles. The fraction of sp³-hybridized carbons (Fsp3) is 0.300. The second-order valence-corrected chi connectivity index (χ2v) is 6.89. The molecular weight excluding hydrogens is 342 g/mol. The third-order valence-corrected chi connectivity index (χ3v) is 5.10. The van der Waals surface area contributed by atoms with E-state index in [1.807, 2.05) is 42.6 Å². The Bertz CT molecular complexity index is 1010. The highest BCUT2D eigenvalue weighted by molar-refractivity contribution is 5.80. The minimum atomic E-state index is -0.0642. The van der Waals surface area contributed by atoms with Gasteiger partial charge >= 0.3 is 0 Å². The Morgan fingerprint density at radius 3 is 2.93 bits per heavy atom. The maximum atomic E-state index is 12.3. The Kier molecular flexibility index (Phi) is 3.94. The van der Waals surface area contributed by atoms with Crippen LogP contribution in [0.3, 0.4) is 0 Å². The number of amides is 1. The molecule has 0 aliphatic carbocycles. The standard InChI is InChI=1S/C20H19N5O2/c26-20(16-12-15-1-2-18(16)27-15)22-9-5-14-11-19-23-17(6-10-25(19)24-14)13-3-7-21-8-4-13/h1-4,6-8,10-11,15-16,18H,5,9,12H2,(H,22,26)/t15-,16+,18-/m0/s1. The SMILES string of the molecule is O=C(NCCc1cc2nc(-c3ccncc3)ccn2n1)[C@@H]1C[C@@H]2C=C[C@@H]1O2. The molecule has 3 atom stereocenters. The fourth-order valence-electron chi connectivity index (χ4n) is 3.71. The topological polar surface area (TPSA) is 81.4 Å². The quantitative estimate of drug-likeness (QED) is 0.701. The molecule has 2 aliphatic heterocycles. The van der Waals surface area contributed by atoms with Gasteiger partial charge in [0, 0.05) is 43.2 Å². The van der Waals surface area contributed by atoms with Crippen LogP contribution in [0, 0.1) is 5.92 Å². The van der Waals surface area contributed by atoms with Gasteiger partial charge in [0.25, 0.3) is 0 Å². The van der Waals surface area contributed by atoms with Crippen LogP contribution < -0.4 is 5.32 Å². The summed E-state index contributed by atoms with van der Waals surface area (Å²) < 4.78 is 7.42. The Morgan fingerprint density at radius 2 is 2.15 bits per heavy atom. The van der Waals surface area contributed by atoms with Gasteiger partial charge in [0.2, 0.25) is 5.91 Å². The number of fused-ring (bicyclic) bond motifs is 3. The second kappa shape index (κ2) is 6.59. The van der Waals surface area contributed by atoms with E-state index in [9.17, 15) is 4.79 Å². The molecule has 0 aromatic carbocycles. The predicted molar refractivity (Wildman–Crippen MR) is 98.8 cm³/mol. The van der Waals surface area contributed by atoms with Gasteiger partial charge < -0.3 is 10.1 Å². The lowest BCUT2D eigenvalue weighted by Gasteiger charge is -2.14. The molecular formula is C20H19N5O2. The van der Waals surface area contributed by atoms with Crippen molar-refractivity contribution in [3.63, 3.8) is 0 Å². The third kappa shape index (κ3) is 3.10. The summed E-state index contributed by atoms with van der Waals surface area (Å²) in [5, 5.41) is 7.54. The maximum Gasteiger partial charge on any atom is 0.226 e. The zero-order valence-corrected chi connectivity index (χ0v) is 14.7. The van der Waals surface area contributed by atoms with Crippen LogP contribution in [0.2, 0.25) is 0 Å². The lowest BCUT2D eigenvalue weighted by Crippen LogP contribution is -2.36. The minimum absolute atomic E-state index is 0.0546. The summed E-state index contributed by atoms with van der Waals surface area (Å²) in [5.41, 5.74) is 3.59. The number of hydrogen-bond acceptors (Lipinski definition) is 5. The lowest BCUT2D eigenvalue weighted by atomic mass is 9.93. The van der Waals surface area contributed by atoms with Crippen LogP contribution in [0.5, 0.6) is 0 Å². The van der Waals surface area contributed by atoms with E-state index in [0.717, 1.165) is 29.0 Å². The van der Waals surface area contributed by atoms with Crippen LogP contribution in [0.4, 0.5) is 0 Å². The number of nitrogens with one attached hydrogen (secondary N) is 1. The van der Waals surface area contributed by atoms with E-state index < -0.39 is 0 Å². The van der Waals surface area contributed by atoms with Crippen molar-refractivity contribution in [2.45, 2.75) is 25.0 Å². The van der Waals surface area contributed by atoms with Gasteiger partial charge in [0.05, 0.1) is 29.5 Å². The number of ether oxygens (including phenoxy) is 1. The van der Waals surface area contributed by atoms with E-state index in [0.29, 0.717) is 13.0 Å².